The summed E-state index contributed by atoms with van der Waals surface area (Å²) in [5, 5.41) is 11.9. The Balaban J connectivity index is 1.72. The van der Waals surface area contributed by atoms with Crippen LogP contribution in [0.2, 0.25) is 0 Å². The Hall–Kier alpha value is -1.64. The van der Waals surface area contributed by atoms with Gasteiger partial charge in [-0.2, -0.15) is 0 Å². The molecule has 0 amide bonds. The van der Waals surface area contributed by atoms with Crippen LogP contribution < -0.4 is 4.90 Å². The molecule has 0 aromatic heterocycles. The fourth-order valence-electron chi connectivity index (χ4n) is 4.77. The van der Waals surface area contributed by atoms with Crippen molar-refractivity contribution in [3.63, 3.8) is 0 Å². The van der Waals surface area contributed by atoms with Crippen LogP contribution in [0.3, 0.4) is 0 Å². The molecular weight excluding hydrogens is 282 g/mol. The van der Waals surface area contributed by atoms with E-state index in [1.54, 1.807) is 4.90 Å². The monoisotopic (exact) mass is 308 g/mol. The SMILES string of the molecule is OC(Cc1ccccc1)(c1ccccc1)C1C[NH+]2CCC1CC2. The van der Waals surface area contributed by atoms with Crippen LogP contribution in [0.25, 0.3) is 0 Å². The molecule has 3 heterocycles. The number of rotatable bonds is 4. The third-order valence-corrected chi connectivity index (χ3v) is 6.02. The van der Waals surface area contributed by atoms with E-state index in [0.29, 0.717) is 18.3 Å². The Labute approximate surface area is 138 Å². The molecule has 2 bridgehead atoms. The van der Waals surface area contributed by atoms with Crippen molar-refractivity contribution >= 4 is 0 Å². The molecule has 5 rings (SSSR count). The second-order valence-electron chi connectivity index (χ2n) is 7.35. The molecule has 2 nitrogen and oxygen atoms in total. The van der Waals surface area contributed by atoms with Crippen LogP contribution >= 0.6 is 0 Å². The predicted molar refractivity (Wildman–Crippen MR) is 92.3 cm³/mol. The van der Waals surface area contributed by atoms with E-state index in [4.69, 9.17) is 0 Å². The highest BCUT2D eigenvalue weighted by Gasteiger charge is 2.49. The average molecular weight is 308 g/mol. The first-order valence-corrected chi connectivity index (χ1v) is 8.91. The van der Waals surface area contributed by atoms with Gasteiger partial charge in [-0.25, -0.2) is 0 Å². The minimum Gasteiger partial charge on any atom is -0.384 e. The van der Waals surface area contributed by atoms with E-state index in [2.05, 4.69) is 48.5 Å². The molecule has 3 aliphatic heterocycles. The molecule has 0 radical (unpaired) electrons. The lowest BCUT2D eigenvalue weighted by molar-refractivity contribution is -0.922. The number of fused-ring (bicyclic) bond motifs is 3. The minimum atomic E-state index is -0.751. The molecule has 3 fully saturated rings. The number of hydrogen-bond acceptors (Lipinski definition) is 1. The van der Waals surface area contributed by atoms with Crippen molar-refractivity contribution in [2.45, 2.75) is 24.9 Å². The Kier molecular flexibility index (Phi) is 3.96. The Morgan fingerprint density at radius 1 is 0.913 bits per heavy atom. The lowest BCUT2D eigenvalue weighted by Gasteiger charge is -2.49. The molecule has 2 aromatic rings. The second-order valence-corrected chi connectivity index (χ2v) is 7.35. The second kappa shape index (κ2) is 6.10. The third kappa shape index (κ3) is 2.82. The van der Waals surface area contributed by atoms with Gasteiger partial charge in [-0.05, 0) is 17.0 Å². The van der Waals surface area contributed by atoms with Crippen LogP contribution in [0.15, 0.2) is 60.7 Å². The number of hydrogen-bond donors (Lipinski definition) is 2. The number of benzene rings is 2. The highest BCUT2D eigenvalue weighted by molar-refractivity contribution is 5.28. The first-order chi connectivity index (χ1) is 11.3. The molecule has 0 saturated carbocycles. The Morgan fingerprint density at radius 2 is 1.52 bits per heavy atom. The number of aliphatic hydroxyl groups is 1. The fourth-order valence-corrected chi connectivity index (χ4v) is 4.77. The average Bonchev–Trinajstić information content (AvgIpc) is 2.64. The number of quaternary nitrogens is 1. The van der Waals surface area contributed by atoms with Crippen LogP contribution in [0.4, 0.5) is 0 Å². The predicted octanol–water partition coefficient (Wildman–Crippen LogP) is 2.04. The van der Waals surface area contributed by atoms with E-state index in [-0.39, 0.29) is 0 Å². The number of nitrogens with one attached hydrogen (secondary N) is 1. The van der Waals surface area contributed by atoms with Crippen LogP contribution in [-0.4, -0.2) is 24.7 Å². The minimum absolute atomic E-state index is 0.364. The van der Waals surface area contributed by atoms with Gasteiger partial charge < -0.3 is 10.0 Å². The van der Waals surface area contributed by atoms with Gasteiger partial charge in [-0.1, -0.05) is 60.7 Å². The van der Waals surface area contributed by atoms with Gasteiger partial charge in [-0.15, -0.1) is 0 Å². The fraction of sp³-hybridized carbons (Fsp3) is 0.429. The summed E-state index contributed by atoms with van der Waals surface area (Å²) in [7, 11) is 0. The van der Waals surface area contributed by atoms with Gasteiger partial charge in [0.05, 0.1) is 19.6 Å². The molecule has 2 N–H and O–H groups in total. The van der Waals surface area contributed by atoms with E-state index in [1.807, 2.05) is 12.1 Å². The zero-order chi connectivity index (χ0) is 15.7. The quantitative estimate of drug-likeness (QED) is 0.888. The summed E-state index contributed by atoms with van der Waals surface area (Å²) in [5.41, 5.74) is 1.56. The highest BCUT2D eigenvalue weighted by atomic mass is 16.3. The summed E-state index contributed by atoms with van der Waals surface area (Å²) in [6.45, 7) is 3.69. The van der Waals surface area contributed by atoms with Gasteiger partial charge >= 0.3 is 0 Å². The zero-order valence-electron chi connectivity index (χ0n) is 13.6. The van der Waals surface area contributed by atoms with E-state index in [1.165, 1.54) is 31.5 Å². The lowest BCUT2D eigenvalue weighted by Crippen LogP contribution is -3.16. The summed E-state index contributed by atoms with van der Waals surface area (Å²) >= 11 is 0. The molecule has 2 heteroatoms. The van der Waals surface area contributed by atoms with Crippen LogP contribution in [0, 0.1) is 11.8 Å². The topological polar surface area (TPSA) is 24.7 Å². The Bertz CT molecular complexity index is 633. The van der Waals surface area contributed by atoms with Crippen LogP contribution in [-0.2, 0) is 12.0 Å². The van der Waals surface area contributed by atoms with Gasteiger partial charge in [0.1, 0.15) is 5.60 Å². The van der Waals surface area contributed by atoms with Gasteiger partial charge in [0.25, 0.3) is 0 Å². The van der Waals surface area contributed by atoms with Crippen molar-refractivity contribution < 1.29 is 10.0 Å². The van der Waals surface area contributed by atoms with E-state index >= 15 is 0 Å². The number of piperidine rings is 3. The molecule has 120 valence electrons. The van der Waals surface area contributed by atoms with Crippen molar-refractivity contribution in [1.82, 2.24) is 0 Å². The largest absolute Gasteiger partial charge is 0.384 e. The standard InChI is InChI=1S/C21H25NO/c23-21(19-9-5-2-6-10-19,15-17-7-3-1-4-8-17)20-16-22-13-11-18(20)12-14-22/h1-10,18,20,23H,11-16H2/p+1. The molecule has 3 aliphatic rings. The van der Waals surface area contributed by atoms with Crippen molar-refractivity contribution in [3.8, 4) is 0 Å². The summed E-state index contributed by atoms with van der Waals surface area (Å²) in [6.07, 6.45) is 3.25. The lowest BCUT2D eigenvalue weighted by atomic mass is 9.66. The molecule has 2 atom stereocenters. The van der Waals surface area contributed by atoms with E-state index < -0.39 is 5.60 Å². The van der Waals surface area contributed by atoms with Crippen molar-refractivity contribution in [3.05, 3.63) is 71.8 Å². The summed E-state index contributed by atoms with van der Waals surface area (Å²) in [6, 6.07) is 20.8. The first kappa shape index (κ1) is 14.9. The summed E-state index contributed by atoms with van der Waals surface area (Å²) < 4.78 is 0. The summed E-state index contributed by atoms with van der Waals surface area (Å²) in [5.74, 6) is 1.03. The van der Waals surface area contributed by atoms with Gasteiger partial charge in [-0.3, -0.25) is 0 Å². The van der Waals surface area contributed by atoms with Gasteiger partial charge in [0.15, 0.2) is 0 Å². The van der Waals surface area contributed by atoms with Gasteiger partial charge in [0, 0.05) is 25.2 Å². The Morgan fingerprint density at radius 3 is 2.09 bits per heavy atom. The van der Waals surface area contributed by atoms with E-state index in [9.17, 15) is 5.11 Å². The van der Waals surface area contributed by atoms with Crippen LogP contribution in [0.1, 0.15) is 24.0 Å². The normalized spacial score (nSPS) is 29.2. The maximum atomic E-state index is 11.9. The van der Waals surface area contributed by atoms with Crippen molar-refractivity contribution in [2.24, 2.45) is 11.8 Å². The first-order valence-electron chi connectivity index (χ1n) is 8.91. The molecule has 2 aromatic carbocycles. The third-order valence-electron chi connectivity index (χ3n) is 6.02. The van der Waals surface area contributed by atoms with Gasteiger partial charge in [0.2, 0.25) is 0 Å². The molecule has 3 saturated heterocycles. The smallest absolute Gasteiger partial charge is 0.102 e. The maximum absolute atomic E-state index is 11.9. The summed E-state index contributed by atoms with van der Waals surface area (Å²) in [4.78, 5) is 1.68. The maximum Gasteiger partial charge on any atom is 0.102 e. The molecule has 2 unspecified atom stereocenters. The van der Waals surface area contributed by atoms with E-state index in [0.717, 1.165) is 12.1 Å². The van der Waals surface area contributed by atoms with Crippen molar-refractivity contribution in [2.75, 3.05) is 19.6 Å². The molecule has 0 aliphatic carbocycles. The van der Waals surface area contributed by atoms with Crippen molar-refractivity contribution in [1.29, 1.82) is 0 Å². The zero-order valence-corrected chi connectivity index (χ0v) is 13.6. The molecule has 0 spiro atoms. The highest BCUT2D eigenvalue weighted by Crippen LogP contribution is 2.41. The molecular formula is C21H26NO+. The molecule has 23 heavy (non-hydrogen) atoms. The van der Waals surface area contributed by atoms with Crippen LogP contribution in [0.5, 0.6) is 0 Å².